The number of carbonyl (C=O) groups is 1. The Balaban J connectivity index is 0.000000129. The van der Waals surface area contributed by atoms with Gasteiger partial charge in [0.05, 0.1) is 10.9 Å². The zero-order valence-electron chi connectivity index (χ0n) is 30.7. The second kappa shape index (κ2) is 18.7. The number of hydrogen-bond donors (Lipinski definition) is 0. The van der Waals surface area contributed by atoms with E-state index in [0.717, 1.165) is 60.5 Å². The average molecular weight is 737 g/mol. The molecule has 0 saturated heterocycles. The Labute approximate surface area is 326 Å². The molecule has 0 atom stereocenters. The maximum absolute atomic E-state index is 11.7. The van der Waals surface area contributed by atoms with E-state index in [2.05, 4.69) is 17.1 Å². The number of hydrogen-bond acceptors (Lipinski definition) is 6. The van der Waals surface area contributed by atoms with Crippen molar-refractivity contribution in [3.63, 3.8) is 0 Å². The minimum absolute atomic E-state index is 0.146. The fourth-order valence-corrected chi connectivity index (χ4v) is 6.20. The summed E-state index contributed by atoms with van der Waals surface area (Å²) in [6, 6.07) is 55.1. The molecule has 56 heavy (non-hydrogen) atoms. The van der Waals surface area contributed by atoms with Crippen molar-refractivity contribution in [2.45, 2.75) is 26.2 Å². The lowest BCUT2D eigenvalue weighted by molar-refractivity contribution is -0.577. The van der Waals surface area contributed by atoms with Crippen molar-refractivity contribution in [2.24, 2.45) is 0 Å². The van der Waals surface area contributed by atoms with E-state index in [4.69, 9.17) is 14.2 Å². The van der Waals surface area contributed by atoms with Gasteiger partial charge < -0.3 is 19.4 Å². The Morgan fingerprint density at radius 1 is 0.518 bits per heavy atom. The number of aromatic nitrogens is 2. The predicted octanol–water partition coefficient (Wildman–Crippen LogP) is 10.3. The van der Waals surface area contributed by atoms with Crippen LogP contribution >= 0.6 is 0 Å². The van der Waals surface area contributed by atoms with Crippen molar-refractivity contribution < 1.29 is 23.7 Å². The summed E-state index contributed by atoms with van der Waals surface area (Å²) in [7, 11) is 0. The molecular weight excluding hydrogens is 697 g/mol. The highest BCUT2D eigenvalue weighted by Gasteiger charge is 2.14. The molecular formula is C49H40N2O5. The van der Waals surface area contributed by atoms with E-state index in [1.807, 2.05) is 152 Å². The molecule has 276 valence electrons. The van der Waals surface area contributed by atoms with Crippen LogP contribution in [0.5, 0.6) is 17.2 Å². The van der Waals surface area contributed by atoms with Crippen LogP contribution in [0.3, 0.4) is 0 Å². The average Bonchev–Trinajstić information content (AvgIpc) is 3.26. The summed E-state index contributed by atoms with van der Waals surface area (Å²) in [6.07, 6.45) is 7.22. The van der Waals surface area contributed by atoms with Gasteiger partial charge in [0.2, 0.25) is 5.52 Å². The first-order chi connectivity index (χ1) is 27.6. The summed E-state index contributed by atoms with van der Waals surface area (Å²) in [6.45, 7) is 1.61. The topological polar surface area (TPSA) is 84.6 Å². The van der Waals surface area contributed by atoms with Crippen LogP contribution < -0.4 is 18.9 Å². The fourth-order valence-electron chi connectivity index (χ4n) is 6.20. The highest BCUT2D eigenvalue weighted by atomic mass is 16.5. The van der Waals surface area contributed by atoms with Crippen molar-refractivity contribution in [1.29, 1.82) is 0 Å². The van der Waals surface area contributed by atoms with Gasteiger partial charge in [0, 0.05) is 35.7 Å². The molecule has 0 spiro atoms. The third kappa shape index (κ3) is 9.83. The van der Waals surface area contributed by atoms with Crippen LogP contribution in [0.4, 0.5) is 0 Å². The quantitative estimate of drug-likeness (QED) is 0.108. The second-order valence-corrected chi connectivity index (χ2v) is 13.0. The number of pyridine rings is 2. The number of allylic oxidation sites excluding steroid dienone is 1. The molecule has 0 fully saturated rings. The molecule has 2 aromatic heterocycles. The molecule has 0 amide bonds. The van der Waals surface area contributed by atoms with Crippen LogP contribution in [0.2, 0.25) is 0 Å². The molecule has 7 nitrogen and oxygen atoms in total. The highest BCUT2D eigenvalue weighted by molar-refractivity contribution is 5.99. The smallest absolute Gasteiger partial charge is 0.227 e. The zero-order valence-corrected chi connectivity index (χ0v) is 30.7. The molecule has 0 unspecified atom stereocenters. The monoisotopic (exact) mass is 736 g/mol. The molecule has 2 heterocycles. The number of carbonyl (C=O) groups excluding carboxylic acids is 1. The van der Waals surface area contributed by atoms with E-state index in [0.29, 0.717) is 31.8 Å². The Morgan fingerprint density at radius 3 is 1.70 bits per heavy atom. The van der Waals surface area contributed by atoms with Gasteiger partial charge in [-0.15, -0.1) is 0 Å². The summed E-state index contributed by atoms with van der Waals surface area (Å²) in [5.74, 6) is 2.59. The predicted molar refractivity (Wildman–Crippen MR) is 221 cm³/mol. The lowest BCUT2D eigenvalue weighted by Crippen LogP contribution is -2.25. The lowest BCUT2D eigenvalue weighted by Gasteiger charge is -2.15. The van der Waals surface area contributed by atoms with Gasteiger partial charge in [0.25, 0.3) is 0 Å². The Morgan fingerprint density at radius 2 is 1.05 bits per heavy atom. The van der Waals surface area contributed by atoms with E-state index < -0.39 is 0 Å². The van der Waals surface area contributed by atoms with Gasteiger partial charge in [0.1, 0.15) is 37.1 Å². The normalized spacial score (nSPS) is 11.4. The van der Waals surface area contributed by atoms with Gasteiger partial charge >= 0.3 is 0 Å². The standard InChI is InChI=1S/C17H14O2.C16H13NO2.C16H13NO/c18-15-9-10-16-14(11-15)7-4-8-17(16)19-12-13-5-2-1-3-6-13;18-17-11-5-8-14-15(17)9-4-10-16(14)19-12-13-6-2-1-3-7-13;1-2-6-13(7-3-1)12-18-16-10-4-9-15-14(16)8-5-11-17-15/h1-10H,11-12H2;1-11H,12H2;1-11H,12H2. The van der Waals surface area contributed by atoms with Gasteiger partial charge in [-0.05, 0) is 76.9 Å². The summed E-state index contributed by atoms with van der Waals surface area (Å²) in [5, 5.41) is 13.5. The zero-order chi connectivity index (χ0) is 38.4. The molecule has 0 aliphatic heterocycles. The molecule has 6 aromatic carbocycles. The van der Waals surface area contributed by atoms with Crippen molar-refractivity contribution in [3.05, 3.63) is 221 Å². The fraction of sp³-hybridized carbons (Fsp3) is 0.0816. The molecule has 1 aliphatic rings. The van der Waals surface area contributed by atoms with E-state index in [1.165, 1.54) is 11.8 Å². The van der Waals surface area contributed by atoms with Gasteiger partial charge in [-0.25, -0.2) is 0 Å². The maximum atomic E-state index is 11.7. The molecule has 7 heteroatoms. The van der Waals surface area contributed by atoms with Crippen molar-refractivity contribution >= 4 is 33.7 Å². The molecule has 0 saturated carbocycles. The van der Waals surface area contributed by atoms with E-state index in [1.54, 1.807) is 24.4 Å². The maximum Gasteiger partial charge on any atom is 0.227 e. The van der Waals surface area contributed by atoms with Crippen molar-refractivity contribution in [2.75, 3.05) is 0 Å². The van der Waals surface area contributed by atoms with Gasteiger partial charge in [-0.3, -0.25) is 9.78 Å². The van der Waals surface area contributed by atoms with Crippen LogP contribution in [0.1, 0.15) is 27.8 Å². The van der Waals surface area contributed by atoms with Crippen molar-refractivity contribution in [3.8, 4) is 17.2 Å². The summed E-state index contributed by atoms with van der Waals surface area (Å²) in [4.78, 5) is 15.7. The summed E-state index contributed by atoms with van der Waals surface area (Å²) < 4.78 is 18.4. The van der Waals surface area contributed by atoms with Crippen LogP contribution in [-0.2, 0) is 31.0 Å². The molecule has 1 aliphatic carbocycles. The van der Waals surface area contributed by atoms with Gasteiger partial charge in [-0.2, -0.15) is 4.73 Å². The van der Waals surface area contributed by atoms with Crippen LogP contribution in [-0.4, -0.2) is 10.8 Å². The van der Waals surface area contributed by atoms with E-state index in [9.17, 15) is 10.0 Å². The Hall–Kier alpha value is -7.25. The third-order valence-electron chi connectivity index (χ3n) is 9.04. The number of benzene rings is 6. The second-order valence-electron chi connectivity index (χ2n) is 13.0. The van der Waals surface area contributed by atoms with E-state index in [-0.39, 0.29) is 5.78 Å². The number of ether oxygens (including phenoxy) is 3. The molecule has 0 N–H and O–H groups in total. The van der Waals surface area contributed by atoms with Gasteiger partial charge in [0.15, 0.2) is 12.0 Å². The number of nitrogens with zero attached hydrogens (tertiary/aromatic N) is 2. The molecule has 9 rings (SSSR count). The van der Waals surface area contributed by atoms with E-state index >= 15 is 0 Å². The van der Waals surface area contributed by atoms with Crippen LogP contribution in [0.25, 0.3) is 27.9 Å². The minimum Gasteiger partial charge on any atom is -0.618 e. The van der Waals surface area contributed by atoms with Crippen LogP contribution in [0, 0.1) is 5.21 Å². The summed E-state index contributed by atoms with van der Waals surface area (Å²) in [5.41, 5.74) is 7.05. The first-order valence-corrected chi connectivity index (χ1v) is 18.4. The molecule has 0 radical (unpaired) electrons. The number of ketones is 1. The first-order valence-electron chi connectivity index (χ1n) is 18.4. The molecule has 8 aromatic rings. The Bertz CT molecular complexity index is 2540. The largest absolute Gasteiger partial charge is 0.618 e. The lowest BCUT2D eigenvalue weighted by atomic mass is 9.96. The highest BCUT2D eigenvalue weighted by Crippen LogP contribution is 2.29. The Kier molecular flexibility index (Phi) is 12.4. The first kappa shape index (κ1) is 37.1. The third-order valence-corrected chi connectivity index (χ3v) is 9.04. The number of rotatable bonds is 9. The van der Waals surface area contributed by atoms with Crippen molar-refractivity contribution in [1.82, 2.24) is 4.98 Å². The van der Waals surface area contributed by atoms with Crippen LogP contribution in [0.15, 0.2) is 188 Å². The van der Waals surface area contributed by atoms with Gasteiger partial charge in [-0.1, -0.05) is 115 Å². The SMILES string of the molecule is O=C1C=Cc2c(cccc2OCc2ccccc2)C1.[O-][n+]1cccc2c(OCc3ccccc3)cccc21.c1ccc(COc2cccc3ncccc23)cc1. The summed E-state index contributed by atoms with van der Waals surface area (Å²) >= 11 is 0. The minimum atomic E-state index is 0.146. The number of fused-ring (bicyclic) bond motifs is 3. The molecule has 0 bridgehead atoms.